The van der Waals surface area contributed by atoms with Crippen molar-refractivity contribution in [2.24, 2.45) is 11.3 Å². The Kier molecular flexibility index (Phi) is 5.36. The number of ether oxygens (including phenoxy) is 2. The molecular formula is C23H28O3. The number of hydrogen-bond donors (Lipinski definition) is 0. The summed E-state index contributed by atoms with van der Waals surface area (Å²) in [6.07, 6.45) is 8.52. The maximum atomic E-state index is 11.8. The number of benzene rings is 1. The Morgan fingerprint density at radius 3 is 2.73 bits per heavy atom. The third-order valence-corrected chi connectivity index (χ3v) is 5.54. The number of esters is 1. The highest BCUT2D eigenvalue weighted by molar-refractivity contribution is 5.89. The van der Waals surface area contributed by atoms with E-state index < -0.39 is 0 Å². The molecule has 1 aliphatic heterocycles. The molecule has 0 aromatic heterocycles. The van der Waals surface area contributed by atoms with Gasteiger partial charge in [0.1, 0.15) is 6.61 Å². The van der Waals surface area contributed by atoms with Crippen LogP contribution in [-0.4, -0.2) is 19.2 Å². The van der Waals surface area contributed by atoms with Gasteiger partial charge in [0, 0.05) is 5.92 Å². The molecule has 1 aromatic carbocycles. The van der Waals surface area contributed by atoms with Gasteiger partial charge in [-0.2, -0.15) is 0 Å². The van der Waals surface area contributed by atoms with Crippen LogP contribution in [-0.2, 0) is 9.47 Å². The lowest BCUT2D eigenvalue weighted by Crippen LogP contribution is -2.29. The van der Waals surface area contributed by atoms with Crippen molar-refractivity contribution in [3.8, 4) is 0 Å². The summed E-state index contributed by atoms with van der Waals surface area (Å²) in [4.78, 5) is 11.8. The van der Waals surface area contributed by atoms with Crippen molar-refractivity contribution in [2.75, 3.05) is 13.2 Å². The van der Waals surface area contributed by atoms with E-state index in [-0.39, 0.29) is 11.4 Å². The van der Waals surface area contributed by atoms with Crippen LogP contribution in [0.3, 0.4) is 0 Å². The number of hydrogen-bond acceptors (Lipinski definition) is 3. The van der Waals surface area contributed by atoms with Crippen LogP contribution in [0.4, 0.5) is 0 Å². The Morgan fingerprint density at radius 1 is 1.31 bits per heavy atom. The van der Waals surface area contributed by atoms with Crippen LogP contribution in [0.25, 0.3) is 6.08 Å². The number of allylic oxidation sites excluding steroid dienone is 3. The first-order chi connectivity index (χ1) is 12.4. The van der Waals surface area contributed by atoms with E-state index in [9.17, 15) is 4.79 Å². The Morgan fingerprint density at radius 2 is 2.04 bits per heavy atom. The van der Waals surface area contributed by atoms with E-state index in [1.807, 2.05) is 37.5 Å². The van der Waals surface area contributed by atoms with Gasteiger partial charge in [-0.05, 0) is 67.0 Å². The molecule has 0 saturated heterocycles. The first-order valence-electron chi connectivity index (χ1n) is 9.39. The summed E-state index contributed by atoms with van der Waals surface area (Å²) in [6.45, 7) is 9.75. The van der Waals surface area contributed by atoms with E-state index in [0.717, 1.165) is 12.0 Å². The van der Waals surface area contributed by atoms with E-state index >= 15 is 0 Å². The second-order valence-corrected chi connectivity index (χ2v) is 7.75. The fourth-order valence-corrected chi connectivity index (χ4v) is 3.93. The summed E-state index contributed by atoms with van der Waals surface area (Å²) in [5.74, 6) is 0.166. The third kappa shape index (κ3) is 3.77. The van der Waals surface area contributed by atoms with E-state index in [1.165, 1.54) is 23.1 Å². The van der Waals surface area contributed by atoms with Crippen molar-refractivity contribution in [3.63, 3.8) is 0 Å². The normalized spacial score (nSPS) is 21.8. The molecule has 0 amide bonds. The molecule has 1 aromatic rings. The van der Waals surface area contributed by atoms with Gasteiger partial charge in [0.05, 0.1) is 18.4 Å². The zero-order valence-electron chi connectivity index (χ0n) is 16.2. The minimum absolute atomic E-state index is 0.207. The number of rotatable bonds is 4. The molecule has 0 fully saturated rings. The number of carbonyl (C=O) groups is 1. The van der Waals surface area contributed by atoms with Crippen LogP contribution in [0.5, 0.6) is 0 Å². The third-order valence-electron chi connectivity index (χ3n) is 5.54. The monoisotopic (exact) mass is 352 g/mol. The predicted octanol–water partition coefficient (Wildman–Crippen LogP) is 5.54. The van der Waals surface area contributed by atoms with Gasteiger partial charge < -0.3 is 9.47 Å². The molecule has 3 nitrogen and oxygen atoms in total. The molecule has 0 N–H and O–H groups in total. The highest BCUT2D eigenvalue weighted by Crippen LogP contribution is 2.46. The molecule has 0 saturated carbocycles. The molecule has 3 heteroatoms. The standard InChI is InChI=1S/C23H28O3/c1-5-26-22(24)18-8-6-17(7-9-18)14-16(2)19-10-12-23(3,4)21-15-25-13-11-20(19)21/h6-9,11,13-14,19H,5,10,12,15H2,1-4H3. The van der Waals surface area contributed by atoms with Gasteiger partial charge in [-0.3, -0.25) is 0 Å². The summed E-state index contributed by atoms with van der Waals surface area (Å²) >= 11 is 0. The van der Waals surface area contributed by atoms with Gasteiger partial charge in [-0.25, -0.2) is 4.79 Å². The Balaban J connectivity index is 1.83. The van der Waals surface area contributed by atoms with Crippen molar-refractivity contribution >= 4 is 12.0 Å². The van der Waals surface area contributed by atoms with E-state index in [2.05, 4.69) is 32.9 Å². The molecule has 1 unspecified atom stereocenters. The van der Waals surface area contributed by atoms with Gasteiger partial charge in [0.25, 0.3) is 0 Å². The maximum absolute atomic E-state index is 11.8. The van der Waals surface area contributed by atoms with Crippen LogP contribution in [0.1, 0.15) is 56.5 Å². The first-order valence-corrected chi connectivity index (χ1v) is 9.39. The fraction of sp³-hybridized carbons (Fsp3) is 0.435. The average Bonchev–Trinajstić information content (AvgIpc) is 2.62. The van der Waals surface area contributed by atoms with Gasteiger partial charge in [-0.15, -0.1) is 0 Å². The van der Waals surface area contributed by atoms with Crippen LogP contribution >= 0.6 is 0 Å². The molecule has 0 bridgehead atoms. The second kappa shape index (κ2) is 7.53. The quantitative estimate of drug-likeness (QED) is 0.667. The smallest absolute Gasteiger partial charge is 0.338 e. The van der Waals surface area contributed by atoms with Crippen LogP contribution in [0.15, 0.2) is 53.3 Å². The van der Waals surface area contributed by atoms with E-state index in [1.54, 1.807) is 0 Å². The molecule has 138 valence electrons. The van der Waals surface area contributed by atoms with Gasteiger partial charge in [-0.1, -0.05) is 37.6 Å². The molecule has 2 aliphatic rings. The lowest BCUT2D eigenvalue weighted by Gasteiger charge is -2.40. The molecule has 0 spiro atoms. The SMILES string of the molecule is CCOC(=O)c1ccc(C=C(C)C2CCC(C)(C)C3=C2C=COC3)cc1. The average molecular weight is 352 g/mol. The highest BCUT2D eigenvalue weighted by Gasteiger charge is 2.35. The molecule has 1 atom stereocenters. The van der Waals surface area contributed by atoms with Crippen molar-refractivity contribution in [3.05, 3.63) is 64.4 Å². The molecule has 1 aliphatic carbocycles. The van der Waals surface area contributed by atoms with E-state index in [0.29, 0.717) is 24.7 Å². The van der Waals surface area contributed by atoms with Gasteiger partial charge in [0.15, 0.2) is 0 Å². The summed E-state index contributed by atoms with van der Waals surface area (Å²) in [5.41, 5.74) is 6.12. The summed E-state index contributed by atoms with van der Waals surface area (Å²) in [5, 5.41) is 0. The summed E-state index contributed by atoms with van der Waals surface area (Å²) in [6, 6.07) is 7.63. The molecule has 3 rings (SSSR count). The molecule has 0 radical (unpaired) electrons. The van der Waals surface area contributed by atoms with Crippen molar-refractivity contribution < 1.29 is 14.3 Å². The minimum atomic E-state index is -0.267. The summed E-state index contributed by atoms with van der Waals surface area (Å²) < 4.78 is 10.6. The zero-order chi connectivity index (χ0) is 18.7. The van der Waals surface area contributed by atoms with Crippen molar-refractivity contribution in [1.82, 2.24) is 0 Å². The summed E-state index contributed by atoms with van der Waals surface area (Å²) in [7, 11) is 0. The topological polar surface area (TPSA) is 35.5 Å². The Bertz CT molecular complexity index is 763. The maximum Gasteiger partial charge on any atom is 0.338 e. The predicted molar refractivity (Wildman–Crippen MR) is 105 cm³/mol. The molecule has 26 heavy (non-hydrogen) atoms. The lowest BCUT2D eigenvalue weighted by molar-refractivity contribution is 0.0526. The highest BCUT2D eigenvalue weighted by atomic mass is 16.5. The number of carbonyl (C=O) groups excluding carboxylic acids is 1. The lowest BCUT2D eigenvalue weighted by atomic mass is 9.66. The fourth-order valence-electron chi connectivity index (χ4n) is 3.93. The van der Waals surface area contributed by atoms with Crippen LogP contribution < -0.4 is 0 Å². The zero-order valence-corrected chi connectivity index (χ0v) is 16.2. The van der Waals surface area contributed by atoms with Gasteiger partial charge in [0.2, 0.25) is 0 Å². The van der Waals surface area contributed by atoms with Crippen LogP contribution in [0, 0.1) is 11.3 Å². The van der Waals surface area contributed by atoms with Crippen LogP contribution in [0.2, 0.25) is 0 Å². The Hall–Kier alpha value is -2.29. The first kappa shape index (κ1) is 18.5. The van der Waals surface area contributed by atoms with Gasteiger partial charge >= 0.3 is 5.97 Å². The van der Waals surface area contributed by atoms with Crippen molar-refractivity contribution in [1.29, 1.82) is 0 Å². The minimum Gasteiger partial charge on any atom is -0.497 e. The second-order valence-electron chi connectivity index (χ2n) is 7.75. The largest absolute Gasteiger partial charge is 0.497 e. The van der Waals surface area contributed by atoms with Crippen molar-refractivity contribution in [2.45, 2.75) is 40.5 Å². The van der Waals surface area contributed by atoms with E-state index in [4.69, 9.17) is 9.47 Å². The Labute approximate surface area is 156 Å². The molecule has 1 heterocycles. The molecular weight excluding hydrogens is 324 g/mol.